The predicted octanol–water partition coefficient (Wildman–Crippen LogP) is -0.266. The molecule has 4 N–H and O–H groups in total. The molecule has 0 bridgehead atoms. The highest BCUT2D eigenvalue weighted by Gasteiger charge is 2.30. The fraction of sp³-hybridized carbons (Fsp3) is 0.615. The molecule has 1 aromatic heterocycles. The van der Waals surface area contributed by atoms with Gasteiger partial charge in [0.2, 0.25) is 5.91 Å². The molecule has 8 heteroatoms. The summed E-state index contributed by atoms with van der Waals surface area (Å²) in [6, 6.07) is -0.447. The summed E-state index contributed by atoms with van der Waals surface area (Å²) in [5, 5.41) is 22.9. The molecule has 0 fully saturated rings. The van der Waals surface area contributed by atoms with Gasteiger partial charge in [-0.05, 0) is 13.8 Å². The number of imidazole rings is 1. The van der Waals surface area contributed by atoms with Crippen LogP contribution in [0.2, 0.25) is 0 Å². The summed E-state index contributed by atoms with van der Waals surface area (Å²) >= 11 is 0. The van der Waals surface area contributed by atoms with E-state index < -0.39 is 17.6 Å². The zero-order chi connectivity index (χ0) is 16.0. The van der Waals surface area contributed by atoms with Crippen molar-refractivity contribution in [1.82, 2.24) is 20.2 Å². The highest BCUT2D eigenvalue weighted by molar-refractivity contribution is 5.83. The van der Waals surface area contributed by atoms with Gasteiger partial charge in [0.05, 0.1) is 24.4 Å². The summed E-state index contributed by atoms with van der Waals surface area (Å²) in [4.78, 5) is 26.7. The Bertz CT molecular complexity index is 498. The SMILES string of the molecule is Cn1cncc1CC(CO)NC(=O)C(C)(C)CNC(=O)O. The van der Waals surface area contributed by atoms with Crippen LogP contribution >= 0.6 is 0 Å². The molecule has 0 saturated heterocycles. The number of aromatic nitrogens is 2. The molecule has 1 heterocycles. The minimum atomic E-state index is -1.18. The van der Waals surface area contributed by atoms with Gasteiger partial charge in [0.1, 0.15) is 0 Å². The minimum Gasteiger partial charge on any atom is -0.465 e. The maximum Gasteiger partial charge on any atom is 0.404 e. The molecule has 0 radical (unpaired) electrons. The molecular weight excluding hydrogens is 276 g/mol. The van der Waals surface area contributed by atoms with Crippen molar-refractivity contribution in [1.29, 1.82) is 0 Å². The second kappa shape index (κ2) is 7.07. The quantitative estimate of drug-likeness (QED) is 0.553. The summed E-state index contributed by atoms with van der Waals surface area (Å²) < 4.78 is 1.81. The van der Waals surface area contributed by atoms with E-state index in [2.05, 4.69) is 15.6 Å². The number of aryl methyl sites for hydroxylation is 1. The first-order valence-corrected chi connectivity index (χ1v) is 6.60. The van der Waals surface area contributed by atoms with Crippen LogP contribution in [0.3, 0.4) is 0 Å². The van der Waals surface area contributed by atoms with Crippen LogP contribution in [0.15, 0.2) is 12.5 Å². The zero-order valence-corrected chi connectivity index (χ0v) is 12.5. The second-order valence-electron chi connectivity index (χ2n) is 5.60. The maximum absolute atomic E-state index is 12.2. The smallest absolute Gasteiger partial charge is 0.404 e. The average Bonchev–Trinajstić information content (AvgIpc) is 2.81. The number of hydrogen-bond acceptors (Lipinski definition) is 4. The zero-order valence-electron chi connectivity index (χ0n) is 12.5. The van der Waals surface area contributed by atoms with Crippen LogP contribution in [-0.4, -0.2) is 51.0 Å². The van der Waals surface area contributed by atoms with Gasteiger partial charge < -0.3 is 25.4 Å². The third-order valence-corrected chi connectivity index (χ3v) is 3.22. The van der Waals surface area contributed by atoms with Crippen LogP contribution in [-0.2, 0) is 18.3 Å². The highest BCUT2D eigenvalue weighted by Crippen LogP contribution is 2.14. The summed E-state index contributed by atoms with van der Waals surface area (Å²) in [5.74, 6) is -0.322. The second-order valence-corrected chi connectivity index (χ2v) is 5.60. The van der Waals surface area contributed by atoms with Crippen LogP contribution in [0, 0.1) is 5.41 Å². The number of hydrogen-bond donors (Lipinski definition) is 4. The Morgan fingerprint density at radius 1 is 1.48 bits per heavy atom. The van der Waals surface area contributed by atoms with Crippen LogP contribution in [0.25, 0.3) is 0 Å². The Balaban J connectivity index is 2.61. The van der Waals surface area contributed by atoms with E-state index in [9.17, 15) is 14.7 Å². The minimum absolute atomic E-state index is 0.00196. The molecule has 1 atom stereocenters. The Morgan fingerprint density at radius 2 is 2.14 bits per heavy atom. The van der Waals surface area contributed by atoms with E-state index in [-0.39, 0.29) is 19.1 Å². The Kier molecular flexibility index (Phi) is 5.71. The molecule has 118 valence electrons. The van der Waals surface area contributed by atoms with Gasteiger partial charge >= 0.3 is 6.09 Å². The summed E-state index contributed by atoms with van der Waals surface area (Å²) in [6.45, 7) is 3.06. The molecule has 0 aliphatic heterocycles. The van der Waals surface area contributed by atoms with E-state index in [4.69, 9.17) is 5.11 Å². The van der Waals surface area contributed by atoms with Gasteiger partial charge in [-0.1, -0.05) is 0 Å². The number of aliphatic hydroxyl groups is 1. The lowest BCUT2D eigenvalue weighted by Gasteiger charge is -2.26. The molecule has 2 amide bonds. The normalized spacial score (nSPS) is 12.8. The molecular formula is C13H22N4O4. The lowest BCUT2D eigenvalue weighted by atomic mass is 9.91. The first kappa shape index (κ1) is 17.0. The van der Waals surface area contributed by atoms with Crippen LogP contribution in [0.4, 0.5) is 4.79 Å². The number of amides is 2. The largest absolute Gasteiger partial charge is 0.465 e. The number of carbonyl (C=O) groups excluding carboxylic acids is 1. The Labute approximate surface area is 123 Å². The van der Waals surface area contributed by atoms with Gasteiger partial charge in [-0.15, -0.1) is 0 Å². The molecule has 0 saturated carbocycles. The summed E-state index contributed by atoms with van der Waals surface area (Å²) in [7, 11) is 1.83. The third-order valence-electron chi connectivity index (χ3n) is 3.22. The highest BCUT2D eigenvalue weighted by atomic mass is 16.4. The van der Waals surface area contributed by atoms with Crippen LogP contribution < -0.4 is 10.6 Å². The lowest BCUT2D eigenvalue weighted by Crippen LogP contribution is -2.49. The van der Waals surface area contributed by atoms with Gasteiger partial charge in [-0.2, -0.15) is 0 Å². The molecule has 1 unspecified atom stereocenters. The van der Waals surface area contributed by atoms with Crippen molar-refractivity contribution in [2.45, 2.75) is 26.3 Å². The van der Waals surface area contributed by atoms with Crippen molar-refractivity contribution >= 4 is 12.0 Å². The van der Waals surface area contributed by atoms with Crippen molar-refractivity contribution in [2.75, 3.05) is 13.2 Å². The monoisotopic (exact) mass is 298 g/mol. The van der Waals surface area contributed by atoms with E-state index >= 15 is 0 Å². The predicted molar refractivity (Wildman–Crippen MR) is 75.7 cm³/mol. The lowest BCUT2D eigenvalue weighted by molar-refractivity contribution is -0.130. The molecule has 0 aliphatic rings. The maximum atomic E-state index is 12.2. The van der Waals surface area contributed by atoms with Gasteiger partial charge in [-0.25, -0.2) is 9.78 Å². The molecule has 8 nitrogen and oxygen atoms in total. The third kappa shape index (κ3) is 5.07. The first-order valence-electron chi connectivity index (χ1n) is 6.60. The van der Waals surface area contributed by atoms with Crippen LogP contribution in [0.1, 0.15) is 19.5 Å². The van der Waals surface area contributed by atoms with Gasteiger partial charge in [0, 0.05) is 31.9 Å². The number of rotatable bonds is 7. The Hall–Kier alpha value is -2.09. The van der Waals surface area contributed by atoms with Crippen molar-refractivity contribution in [3.8, 4) is 0 Å². The van der Waals surface area contributed by atoms with Crippen molar-refractivity contribution < 1.29 is 19.8 Å². The van der Waals surface area contributed by atoms with E-state index in [1.54, 1.807) is 26.4 Å². The molecule has 0 aromatic carbocycles. The van der Waals surface area contributed by atoms with Crippen LogP contribution in [0.5, 0.6) is 0 Å². The number of nitrogens with zero attached hydrogens (tertiary/aromatic N) is 2. The van der Waals surface area contributed by atoms with Crippen molar-refractivity contribution in [3.05, 3.63) is 18.2 Å². The van der Waals surface area contributed by atoms with Crippen molar-refractivity contribution in [2.24, 2.45) is 12.5 Å². The molecule has 1 aromatic rings. The number of carbonyl (C=O) groups is 2. The standard InChI is InChI=1S/C13H22N4O4/c1-13(2,7-15-12(20)21)11(19)16-9(6-18)4-10-5-14-8-17(10)3/h5,8-9,15,18H,4,6-7H2,1-3H3,(H,16,19)(H,20,21). The van der Waals surface area contributed by atoms with E-state index in [0.717, 1.165) is 5.69 Å². The van der Waals surface area contributed by atoms with E-state index in [0.29, 0.717) is 6.42 Å². The summed E-state index contributed by atoms with van der Waals surface area (Å²) in [6.07, 6.45) is 2.59. The molecule has 21 heavy (non-hydrogen) atoms. The topological polar surface area (TPSA) is 116 Å². The number of aliphatic hydroxyl groups excluding tert-OH is 1. The van der Waals surface area contributed by atoms with Crippen molar-refractivity contribution in [3.63, 3.8) is 0 Å². The van der Waals surface area contributed by atoms with E-state index in [1.807, 2.05) is 11.6 Å². The molecule has 1 rings (SSSR count). The molecule has 0 aliphatic carbocycles. The van der Waals surface area contributed by atoms with E-state index in [1.165, 1.54) is 0 Å². The van der Waals surface area contributed by atoms with Gasteiger partial charge in [0.25, 0.3) is 0 Å². The van der Waals surface area contributed by atoms with Gasteiger partial charge in [0.15, 0.2) is 0 Å². The van der Waals surface area contributed by atoms with Gasteiger partial charge in [-0.3, -0.25) is 4.79 Å². The first-order chi connectivity index (χ1) is 9.76. The fourth-order valence-electron chi connectivity index (χ4n) is 1.75. The fourth-order valence-corrected chi connectivity index (χ4v) is 1.75. The number of nitrogens with one attached hydrogen (secondary N) is 2. The molecule has 0 spiro atoms. The summed E-state index contributed by atoms with van der Waals surface area (Å²) in [5.41, 5.74) is -0.0195. The Morgan fingerprint density at radius 3 is 2.62 bits per heavy atom. The number of carboxylic acid groups (broad SMARTS) is 1. The average molecular weight is 298 g/mol.